The van der Waals surface area contributed by atoms with E-state index >= 15 is 0 Å². The van der Waals surface area contributed by atoms with Gasteiger partial charge in [0.1, 0.15) is 5.82 Å². The molecule has 2 aromatic carbocycles. The first-order valence-corrected chi connectivity index (χ1v) is 8.34. The van der Waals surface area contributed by atoms with E-state index in [2.05, 4.69) is 71.9 Å². The first kappa shape index (κ1) is 19.4. The predicted molar refractivity (Wildman–Crippen MR) is 99.2 cm³/mol. The average molecular weight is 314 g/mol. The second kappa shape index (κ2) is 8.29. The summed E-state index contributed by atoms with van der Waals surface area (Å²) >= 11 is 0. The van der Waals surface area contributed by atoms with Crippen LogP contribution in [0, 0.1) is 16.6 Å². The van der Waals surface area contributed by atoms with Crippen LogP contribution >= 0.6 is 0 Å². The summed E-state index contributed by atoms with van der Waals surface area (Å²) in [7, 11) is 0. The first-order chi connectivity index (χ1) is 10.6. The average Bonchev–Trinajstić information content (AvgIpc) is 2.40. The zero-order valence-corrected chi connectivity index (χ0v) is 15.5. The third-order valence-corrected chi connectivity index (χ3v) is 3.22. The molecule has 23 heavy (non-hydrogen) atoms. The van der Waals surface area contributed by atoms with Crippen LogP contribution in [0.2, 0.25) is 0 Å². The van der Waals surface area contributed by atoms with Crippen LogP contribution in [0.25, 0.3) is 0 Å². The van der Waals surface area contributed by atoms with Crippen LogP contribution in [-0.4, -0.2) is 0 Å². The summed E-state index contributed by atoms with van der Waals surface area (Å²) in [5, 5.41) is 0. The molecule has 0 saturated carbocycles. The summed E-state index contributed by atoms with van der Waals surface area (Å²) in [6.07, 6.45) is 2.15. The normalized spacial score (nSPS) is 11.6. The molecule has 0 unspecified atom stereocenters. The molecule has 0 amide bonds. The summed E-state index contributed by atoms with van der Waals surface area (Å²) < 4.78 is 12.5. The SMILES string of the molecule is CC(C)(C)Cc1ccc(F)cc1.CC(C)(C)Cc1ccccc1. The zero-order chi connectivity index (χ0) is 17.5. The fourth-order valence-electron chi connectivity index (χ4n) is 2.42. The summed E-state index contributed by atoms with van der Waals surface area (Å²) in [5.74, 6) is -0.160. The number of hydrogen-bond acceptors (Lipinski definition) is 0. The quantitative estimate of drug-likeness (QED) is 0.579. The molecule has 1 heteroatoms. The highest BCUT2D eigenvalue weighted by molar-refractivity contribution is 5.17. The van der Waals surface area contributed by atoms with E-state index < -0.39 is 0 Å². The highest BCUT2D eigenvalue weighted by Gasteiger charge is 2.11. The fraction of sp³-hybridized carbons (Fsp3) is 0.455. The van der Waals surface area contributed by atoms with Crippen LogP contribution in [-0.2, 0) is 12.8 Å². The van der Waals surface area contributed by atoms with Gasteiger partial charge in [0.2, 0.25) is 0 Å². The van der Waals surface area contributed by atoms with Crippen molar-refractivity contribution in [2.24, 2.45) is 10.8 Å². The van der Waals surface area contributed by atoms with E-state index in [-0.39, 0.29) is 11.2 Å². The Bertz CT molecular complexity index is 554. The highest BCUT2D eigenvalue weighted by Crippen LogP contribution is 2.20. The van der Waals surface area contributed by atoms with Crippen LogP contribution in [0.15, 0.2) is 54.6 Å². The van der Waals surface area contributed by atoms with Gasteiger partial charge in [-0.2, -0.15) is 0 Å². The van der Waals surface area contributed by atoms with Gasteiger partial charge >= 0.3 is 0 Å². The molecular weight excluding hydrogens is 283 g/mol. The lowest BCUT2D eigenvalue weighted by molar-refractivity contribution is 0.410. The molecule has 0 radical (unpaired) electrons. The largest absolute Gasteiger partial charge is 0.207 e. The Kier molecular flexibility index (Phi) is 7.00. The Balaban J connectivity index is 0.000000231. The maximum absolute atomic E-state index is 12.5. The molecule has 0 fully saturated rings. The second-order valence-corrected chi connectivity index (χ2v) is 8.59. The molecule has 0 aliphatic rings. The number of rotatable bonds is 2. The highest BCUT2D eigenvalue weighted by atomic mass is 19.1. The van der Waals surface area contributed by atoms with Gasteiger partial charge in [-0.15, -0.1) is 0 Å². The van der Waals surface area contributed by atoms with E-state index in [9.17, 15) is 4.39 Å². The van der Waals surface area contributed by atoms with Crippen molar-refractivity contribution in [3.63, 3.8) is 0 Å². The lowest BCUT2D eigenvalue weighted by atomic mass is 9.88. The van der Waals surface area contributed by atoms with Crippen LogP contribution in [0.1, 0.15) is 52.7 Å². The molecule has 0 aliphatic heterocycles. The minimum Gasteiger partial charge on any atom is -0.207 e. The molecule has 0 heterocycles. The standard InChI is InChI=1S/C11H15F.C11H16/c1-11(2,3)8-9-4-6-10(12)7-5-9;1-11(2,3)9-10-7-5-4-6-8-10/h4-7H,8H2,1-3H3;4-8H,9H2,1-3H3. The van der Waals surface area contributed by atoms with Gasteiger partial charge in [0, 0.05) is 0 Å². The summed E-state index contributed by atoms with van der Waals surface area (Å²) in [4.78, 5) is 0. The summed E-state index contributed by atoms with van der Waals surface area (Å²) in [6, 6.07) is 17.4. The molecule has 2 aromatic rings. The molecule has 0 nitrogen and oxygen atoms in total. The molecule has 126 valence electrons. The molecule has 0 aromatic heterocycles. The van der Waals surface area contributed by atoms with Gasteiger partial charge in [0.15, 0.2) is 0 Å². The van der Waals surface area contributed by atoms with Gasteiger partial charge in [-0.1, -0.05) is 84.0 Å². The summed E-state index contributed by atoms with van der Waals surface area (Å²) in [5.41, 5.74) is 3.31. The molecule has 0 atom stereocenters. The molecule has 0 spiro atoms. The zero-order valence-electron chi connectivity index (χ0n) is 15.5. The molecule has 0 bridgehead atoms. The van der Waals surface area contributed by atoms with Gasteiger partial charge in [0.05, 0.1) is 0 Å². The van der Waals surface area contributed by atoms with Gasteiger partial charge in [-0.05, 0) is 46.9 Å². The summed E-state index contributed by atoms with van der Waals surface area (Å²) in [6.45, 7) is 13.3. The van der Waals surface area contributed by atoms with Crippen molar-refractivity contribution in [2.45, 2.75) is 54.4 Å². The van der Waals surface area contributed by atoms with Gasteiger partial charge < -0.3 is 0 Å². The lowest BCUT2D eigenvalue weighted by Gasteiger charge is -2.17. The van der Waals surface area contributed by atoms with Crippen molar-refractivity contribution >= 4 is 0 Å². The number of benzene rings is 2. The van der Waals surface area contributed by atoms with E-state index in [1.54, 1.807) is 0 Å². The Morgan fingerprint density at radius 1 is 0.609 bits per heavy atom. The molecule has 0 N–H and O–H groups in total. The van der Waals surface area contributed by atoms with E-state index in [0.29, 0.717) is 5.41 Å². The molecule has 0 aliphatic carbocycles. The van der Waals surface area contributed by atoms with Gasteiger partial charge in [-0.3, -0.25) is 0 Å². The van der Waals surface area contributed by atoms with Gasteiger partial charge in [-0.25, -0.2) is 4.39 Å². The number of hydrogen-bond donors (Lipinski definition) is 0. The minimum atomic E-state index is -0.160. The maximum atomic E-state index is 12.5. The Labute approximate surface area is 141 Å². The topological polar surface area (TPSA) is 0 Å². The van der Waals surface area contributed by atoms with Crippen molar-refractivity contribution in [2.75, 3.05) is 0 Å². The molecule has 0 saturated heterocycles. The fourth-order valence-corrected chi connectivity index (χ4v) is 2.42. The van der Waals surface area contributed by atoms with Crippen LogP contribution in [0.5, 0.6) is 0 Å². The van der Waals surface area contributed by atoms with Crippen LogP contribution in [0.3, 0.4) is 0 Å². The molecule has 2 rings (SSSR count). The maximum Gasteiger partial charge on any atom is 0.123 e. The monoisotopic (exact) mass is 314 g/mol. The van der Waals surface area contributed by atoms with Crippen LogP contribution < -0.4 is 0 Å². The van der Waals surface area contributed by atoms with Crippen molar-refractivity contribution in [1.29, 1.82) is 0 Å². The Hall–Kier alpha value is -1.63. The minimum absolute atomic E-state index is 0.160. The van der Waals surface area contributed by atoms with Crippen molar-refractivity contribution in [3.8, 4) is 0 Å². The first-order valence-electron chi connectivity index (χ1n) is 8.34. The van der Waals surface area contributed by atoms with Gasteiger partial charge in [0.25, 0.3) is 0 Å². The predicted octanol–water partition coefficient (Wildman–Crippen LogP) is 6.69. The Morgan fingerprint density at radius 2 is 1.00 bits per heavy atom. The van der Waals surface area contributed by atoms with E-state index in [4.69, 9.17) is 0 Å². The van der Waals surface area contributed by atoms with Crippen LogP contribution in [0.4, 0.5) is 4.39 Å². The van der Waals surface area contributed by atoms with E-state index in [1.165, 1.54) is 23.3 Å². The van der Waals surface area contributed by atoms with Crippen molar-refractivity contribution in [3.05, 3.63) is 71.5 Å². The van der Waals surface area contributed by atoms with E-state index in [1.807, 2.05) is 12.1 Å². The second-order valence-electron chi connectivity index (χ2n) is 8.59. The molecular formula is C22H31F. The number of halogens is 1. The lowest BCUT2D eigenvalue weighted by Crippen LogP contribution is -2.08. The van der Waals surface area contributed by atoms with Crippen molar-refractivity contribution < 1.29 is 4.39 Å². The third-order valence-electron chi connectivity index (χ3n) is 3.22. The smallest absolute Gasteiger partial charge is 0.123 e. The van der Waals surface area contributed by atoms with Crippen molar-refractivity contribution in [1.82, 2.24) is 0 Å². The van der Waals surface area contributed by atoms with E-state index in [0.717, 1.165) is 12.8 Å². The third kappa shape index (κ3) is 9.89. The Morgan fingerprint density at radius 3 is 1.39 bits per heavy atom.